The maximum Gasteiger partial charge on any atom is 0.155 e. The van der Waals surface area contributed by atoms with Crippen LogP contribution in [0.5, 0.6) is 0 Å². The Morgan fingerprint density at radius 1 is 1.53 bits per heavy atom. The molecule has 2 nitrogen and oxygen atoms in total. The number of halogens is 1. The van der Waals surface area contributed by atoms with Crippen molar-refractivity contribution < 1.29 is 9.18 Å². The number of allylic oxidation sites excluding steroid dienone is 1. The van der Waals surface area contributed by atoms with E-state index in [0.717, 1.165) is 15.6 Å². The summed E-state index contributed by atoms with van der Waals surface area (Å²) in [6, 6.07) is 4.63. The van der Waals surface area contributed by atoms with Crippen molar-refractivity contribution in [3.8, 4) is 0 Å². The molecule has 0 aromatic heterocycles. The second kappa shape index (κ2) is 3.70. The van der Waals surface area contributed by atoms with Gasteiger partial charge in [-0.1, -0.05) is 11.8 Å². The molecule has 0 radical (unpaired) electrons. The Hall–Kier alpha value is -1.29. The van der Waals surface area contributed by atoms with E-state index in [2.05, 4.69) is 0 Å². The van der Waals surface area contributed by atoms with Crippen molar-refractivity contribution in [3.63, 3.8) is 0 Å². The second-order valence-corrected chi connectivity index (χ2v) is 4.43. The van der Waals surface area contributed by atoms with Gasteiger partial charge in [0.1, 0.15) is 5.82 Å². The first kappa shape index (κ1) is 10.2. The quantitative estimate of drug-likeness (QED) is 0.683. The number of fused-ring (bicyclic) bond motifs is 1. The van der Waals surface area contributed by atoms with Crippen molar-refractivity contribution in [2.24, 2.45) is 0 Å². The minimum absolute atomic E-state index is 0.00220. The van der Waals surface area contributed by atoms with Crippen LogP contribution in [0.4, 0.5) is 10.1 Å². The van der Waals surface area contributed by atoms with Gasteiger partial charge < -0.3 is 4.90 Å². The fraction of sp³-hybridized carbons (Fsp3) is 0.182. The summed E-state index contributed by atoms with van der Waals surface area (Å²) < 4.78 is 13.0. The van der Waals surface area contributed by atoms with E-state index in [1.165, 1.54) is 30.8 Å². The lowest BCUT2D eigenvalue weighted by Gasteiger charge is -2.12. The minimum Gasteiger partial charge on any atom is -0.338 e. The Kier molecular flexibility index (Phi) is 2.52. The number of thioether (sulfide) groups is 1. The highest BCUT2D eigenvalue weighted by atomic mass is 32.2. The summed E-state index contributed by atoms with van der Waals surface area (Å²) in [5.41, 5.74) is 0.813. The van der Waals surface area contributed by atoms with Crippen molar-refractivity contribution in [2.75, 3.05) is 11.9 Å². The lowest BCUT2D eigenvalue weighted by molar-refractivity contribution is -0.112. The van der Waals surface area contributed by atoms with Gasteiger partial charge in [-0.3, -0.25) is 4.79 Å². The first-order valence-corrected chi connectivity index (χ1v) is 5.33. The fourth-order valence-electron chi connectivity index (χ4n) is 1.44. The van der Waals surface area contributed by atoms with E-state index >= 15 is 0 Å². The van der Waals surface area contributed by atoms with Crippen LogP contribution in [0.1, 0.15) is 6.92 Å². The molecular weight excluding hydrogens is 213 g/mol. The molecule has 4 heteroatoms. The van der Waals surface area contributed by atoms with Gasteiger partial charge in [0.05, 0.1) is 10.7 Å². The van der Waals surface area contributed by atoms with Crippen LogP contribution < -0.4 is 4.90 Å². The lowest BCUT2D eigenvalue weighted by Crippen LogP contribution is -2.10. The third kappa shape index (κ3) is 1.90. The van der Waals surface area contributed by atoms with Crippen molar-refractivity contribution in [3.05, 3.63) is 35.1 Å². The molecule has 1 aliphatic rings. The van der Waals surface area contributed by atoms with E-state index in [9.17, 15) is 9.18 Å². The molecule has 0 atom stereocenters. The van der Waals surface area contributed by atoms with Gasteiger partial charge in [-0.25, -0.2) is 4.39 Å². The van der Waals surface area contributed by atoms with Crippen LogP contribution in [0.25, 0.3) is 0 Å². The summed E-state index contributed by atoms with van der Waals surface area (Å²) in [6.07, 6.45) is 1.56. The molecule has 1 aliphatic heterocycles. The van der Waals surface area contributed by atoms with Gasteiger partial charge in [0.25, 0.3) is 0 Å². The normalized spacial score (nSPS) is 17.0. The largest absolute Gasteiger partial charge is 0.338 e. The maximum absolute atomic E-state index is 13.0. The first-order valence-electron chi connectivity index (χ1n) is 4.51. The van der Waals surface area contributed by atoms with Crippen molar-refractivity contribution in [2.45, 2.75) is 11.8 Å². The second-order valence-electron chi connectivity index (χ2n) is 3.37. The van der Waals surface area contributed by atoms with Crippen LogP contribution in [0.3, 0.4) is 0 Å². The lowest BCUT2D eigenvalue weighted by atomic mass is 10.3. The molecule has 0 bridgehead atoms. The number of carbonyl (C=O) groups excluding carboxylic acids is 1. The molecule has 0 fully saturated rings. The predicted molar refractivity (Wildman–Crippen MR) is 59.4 cm³/mol. The zero-order chi connectivity index (χ0) is 11.0. The van der Waals surface area contributed by atoms with Crippen LogP contribution >= 0.6 is 11.8 Å². The van der Waals surface area contributed by atoms with E-state index in [-0.39, 0.29) is 11.6 Å². The van der Waals surface area contributed by atoms with Crippen molar-refractivity contribution >= 4 is 23.2 Å². The number of nitrogens with zero attached hydrogens (tertiary/aromatic N) is 1. The average molecular weight is 223 g/mol. The Labute approximate surface area is 91.8 Å². The molecule has 2 rings (SSSR count). The number of anilines is 1. The van der Waals surface area contributed by atoms with Gasteiger partial charge in [-0.05, 0) is 25.1 Å². The molecule has 1 aromatic carbocycles. The monoisotopic (exact) mass is 223 g/mol. The molecule has 0 unspecified atom stereocenters. The summed E-state index contributed by atoms with van der Waals surface area (Å²) in [6.45, 7) is 1.50. The SMILES string of the molecule is CC(=O)C=C1Sc2ccc(F)cc2N1C. The highest BCUT2D eigenvalue weighted by molar-refractivity contribution is 8.03. The van der Waals surface area contributed by atoms with Gasteiger partial charge in [-0.2, -0.15) is 0 Å². The highest BCUT2D eigenvalue weighted by Crippen LogP contribution is 2.44. The van der Waals surface area contributed by atoms with Crippen molar-refractivity contribution in [1.82, 2.24) is 0 Å². The average Bonchev–Trinajstić information content (AvgIpc) is 2.44. The Morgan fingerprint density at radius 2 is 2.27 bits per heavy atom. The third-order valence-electron chi connectivity index (χ3n) is 2.15. The number of rotatable bonds is 1. The molecule has 0 aliphatic carbocycles. The van der Waals surface area contributed by atoms with E-state index in [1.807, 2.05) is 11.9 Å². The minimum atomic E-state index is -0.259. The summed E-state index contributed by atoms with van der Waals surface area (Å²) in [5, 5.41) is 0.836. The maximum atomic E-state index is 13.0. The topological polar surface area (TPSA) is 20.3 Å². The predicted octanol–water partition coefficient (Wildman–Crippen LogP) is 2.80. The summed E-state index contributed by atoms with van der Waals surface area (Å²) in [5.74, 6) is -0.261. The zero-order valence-electron chi connectivity index (χ0n) is 8.45. The highest BCUT2D eigenvalue weighted by Gasteiger charge is 2.22. The molecule has 78 valence electrons. The van der Waals surface area contributed by atoms with Gasteiger partial charge in [0, 0.05) is 18.0 Å². The van der Waals surface area contributed by atoms with Crippen LogP contribution in [-0.2, 0) is 4.79 Å². The van der Waals surface area contributed by atoms with Crippen LogP contribution in [0, 0.1) is 5.82 Å². The summed E-state index contributed by atoms with van der Waals surface area (Å²) in [4.78, 5) is 13.8. The van der Waals surface area contributed by atoms with E-state index < -0.39 is 0 Å². The number of ketones is 1. The zero-order valence-corrected chi connectivity index (χ0v) is 9.27. The Morgan fingerprint density at radius 3 is 2.93 bits per heavy atom. The van der Waals surface area contributed by atoms with Gasteiger partial charge >= 0.3 is 0 Å². The fourth-order valence-corrected chi connectivity index (χ4v) is 2.56. The standard InChI is InChI=1S/C11H10FNOS/c1-7(14)5-11-13(2)9-6-8(12)3-4-10(9)15-11/h3-6H,1-2H3. The molecule has 1 heterocycles. The van der Waals surface area contributed by atoms with E-state index in [4.69, 9.17) is 0 Å². The smallest absolute Gasteiger partial charge is 0.155 e. The molecule has 0 spiro atoms. The summed E-state index contributed by atoms with van der Waals surface area (Å²) >= 11 is 1.48. The molecule has 0 saturated heterocycles. The molecule has 0 amide bonds. The van der Waals surface area contributed by atoms with E-state index in [1.54, 1.807) is 12.1 Å². The molecule has 0 N–H and O–H groups in total. The van der Waals surface area contributed by atoms with Gasteiger partial charge in [0.2, 0.25) is 0 Å². The van der Waals surface area contributed by atoms with Crippen LogP contribution in [0.2, 0.25) is 0 Å². The molecule has 15 heavy (non-hydrogen) atoms. The van der Waals surface area contributed by atoms with Crippen molar-refractivity contribution in [1.29, 1.82) is 0 Å². The summed E-state index contributed by atoms with van der Waals surface area (Å²) in [7, 11) is 1.83. The molecular formula is C11H10FNOS. The number of hydrogen-bond acceptors (Lipinski definition) is 3. The molecule has 0 saturated carbocycles. The first-order chi connectivity index (χ1) is 7.08. The number of hydrogen-bond donors (Lipinski definition) is 0. The Balaban J connectivity index is 2.41. The van der Waals surface area contributed by atoms with Gasteiger partial charge in [-0.15, -0.1) is 0 Å². The van der Waals surface area contributed by atoms with Gasteiger partial charge in [0.15, 0.2) is 5.78 Å². The van der Waals surface area contributed by atoms with Crippen LogP contribution in [-0.4, -0.2) is 12.8 Å². The van der Waals surface area contributed by atoms with Crippen LogP contribution in [0.15, 0.2) is 34.2 Å². The van der Waals surface area contributed by atoms with E-state index in [0.29, 0.717) is 0 Å². The molecule has 1 aromatic rings. The number of carbonyl (C=O) groups is 1. The third-order valence-corrected chi connectivity index (χ3v) is 3.32. The Bertz CT molecular complexity index is 456. The number of benzene rings is 1.